The molecule has 0 bridgehead atoms. The molecule has 1 aromatic rings. The quantitative estimate of drug-likeness (QED) is 0.657. The maximum atomic E-state index is 10.1. The van der Waals surface area contributed by atoms with Gasteiger partial charge in [-0.1, -0.05) is 0 Å². The molecule has 0 unspecified atom stereocenters. The van der Waals surface area contributed by atoms with Crippen molar-refractivity contribution in [2.45, 2.75) is 0 Å². The zero-order chi connectivity index (χ0) is 9.68. The Kier molecular flexibility index (Phi) is 4.03. The summed E-state index contributed by atoms with van der Waals surface area (Å²) in [6.45, 7) is 0. The van der Waals surface area contributed by atoms with E-state index in [4.69, 9.17) is 16.7 Å². The molecule has 1 N–H and O–H groups in total. The number of hydrogen-bond acceptors (Lipinski definition) is 1. The van der Waals surface area contributed by atoms with Crippen molar-refractivity contribution >= 4 is 37.0 Å². The van der Waals surface area contributed by atoms with Gasteiger partial charge in [-0.25, -0.2) is 0 Å². The Morgan fingerprint density at radius 2 is 2.00 bits per heavy atom. The van der Waals surface area contributed by atoms with Gasteiger partial charge in [-0.05, 0) is 0 Å². The number of benzene rings is 1. The summed E-state index contributed by atoms with van der Waals surface area (Å²) in [5, 5.41) is 9.03. The van der Waals surface area contributed by atoms with Gasteiger partial charge >= 0.3 is 87.2 Å². The zero-order valence-electron chi connectivity index (χ0n) is 6.61. The van der Waals surface area contributed by atoms with Crippen LogP contribution in [0.25, 0.3) is 0 Å². The Morgan fingerprint density at radius 3 is 2.54 bits per heavy atom. The zero-order valence-corrected chi connectivity index (χ0v) is 9.07. The monoisotopic (exact) mass is 262 g/mol. The number of carboxylic acids is 1. The van der Waals surface area contributed by atoms with Crippen molar-refractivity contribution < 1.29 is 9.90 Å². The number of carbonyl (C=O) groups is 1. The van der Waals surface area contributed by atoms with Gasteiger partial charge in [-0.3, -0.25) is 0 Å². The van der Waals surface area contributed by atoms with E-state index >= 15 is 0 Å². The number of carboxylic acid groups (broad SMARTS) is 1. The van der Waals surface area contributed by atoms with E-state index in [0.29, 0.717) is 5.02 Å². The summed E-state index contributed by atoms with van der Waals surface area (Å²) in [7, 11) is 0. The van der Waals surface area contributed by atoms with Crippen molar-refractivity contribution in [2.24, 2.45) is 0 Å². The van der Waals surface area contributed by atoms with Crippen LogP contribution in [0.2, 0.25) is 5.02 Å². The molecule has 0 aliphatic rings. The van der Waals surface area contributed by atoms with Crippen molar-refractivity contribution in [3.63, 3.8) is 0 Å². The van der Waals surface area contributed by atoms with E-state index in [0.717, 1.165) is 10.5 Å². The second-order valence-electron chi connectivity index (χ2n) is 2.21. The average Bonchev–Trinajstić information content (AvgIpc) is 2.08. The van der Waals surface area contributed by atoms with Gasteiger partial charge in [-0.15, -0.1) is 0 Å². The SMILES string of the molecule is O=C(O)/C=C\[Se]c1ccc(Cl)cc1. The van der Waals surface area contributed by atoms with Gasteiger partial charge in [0.2, 0.25) is 0 Å². The van der Waals surface area contributed by atoms with Gasteiger partial charge in [0.1, 0.15) is 0 Å². The van der Waals surface area contributed by atoms with Gasteiger partial charge in [0, 0.05) is 0 Å². The predicted molar refractivity (Wildman–Crippen MR) is 53.6 cm³/mol. The number of halogens is 1. The predicted octanol–water partition coefficient (Wildman–Crippen LogP) is 1.27. The molecule has 0 saturated carbocycles. The molecular formula is C9H7ClO2Se. The minimum absolute atomic E-state index is 0.0724. The number of hydrogen-bond donors (Lipinski definition) is 1. The van der Waals surface area contributed by atoms with Crippen molar-refractivity contribution in [1.29, 1.82) is 0 Å². The number of aliphatic carboxylic acids is 1. The normalized spacial score (nSPS) is 10.5. The molecule has 0 amide bonds. The minimum atomic E-state index is -0.907. The Bertz CT molecular complexity index is 319. The molecule has 0 spiro atoms. The Balaban J connectivity index is 2.55. The molecule has 0 atom stereocenters. The molecule has 68 valence electrons. The fraction of sp³-hybridized carbons (Fsp3) is 0. The molecule has 4 heteroatoms. The van der Waals surface area contributed by atoms with Crippen molar-refractivity contribution in [3.8, 4) is 0 Å². The first-order valence-corrected chi connectivity index (χ1v) is 5.72. The first kappa shape index (κ1) is 10.3. The fourth-order valence-corrected chi connectivity index (χ4v) is 2.14. The van der Waals surface area contributed by atoms with Crippen LogP contribution in [0.5, 0.6) is 0 Å². The fourth-order valence-electron chi connectivity index (χ4n) is 0.684. The Labute approximate surface area is 87.4 Å². The standard InChI is InChI=1S/C9H7ClO2Se/c10-7-1-3-8(4-2-7)13-6-5-9(11)12/h1-6H,(H,11,12)/b6-5-. The van der Waals surface area contributed by atoms with Gasteiger partial charge < -0.3 is 0 Å². The van der Waals surface area contributed by atoms with Crippen LogP contribution in [0, 0.1) is 0 Å². The van der Waals surface area contributed by atoms with E-state index in [1.54, 1.807) is 17.1 Å². The topological polar surface area (TPSA) is 37.3 Å². The molecule has 1 rings (SSSR count). The van der Waals surface area contributed by atoms with E-state index in [1.807, 2.05) is 12.1 Å². The molecule has 2 nitrogen and oxygen atoms in total. The second kappa shape index (κ2) is 5.07. The van der Waals surface area contributed by atoms with Gasteiger partial charge in [0.05, 0.1) is 0 Å². The molecule has 0 aromatic heterocycles. The molecule has 0 aliphatic heterocycles. The molecule has 1 aromatic carbocycles. The van der Waals surface area contributed by atoms with Crippen LogP contribution < -0.4 is 4.46 Å². The molecule has 0 heterocycles. The van der Waals surface area contributed by atoms with E-state index in [-0.39, 0.29) is 15.0 Å². The summed E-state index contributed by atoms with van der Waals surface area (Å²) in [4.78, 5) is 11.8. The molecular weight excluding hydrogens is 255 g/mol. The van der Waals surface area contributed by atoms with E-state index in [9.17, 15) is 4.79 Å². The first-order chi connectivity index (χ1) is 6.18. The Morgan fingerprint density at radius 1 is 1.38 bits per heavy atom. The van der Waals surface area contributed by atoms with Gasteiger partial charge in [0.25, 0.3) is 0 Å². The summed E-state index contributed by atoms with van der Waals surface area (Å²) in [5.41, 5.74) is 0. The van der Waals surface area contributed by atoms with E-state index in [2.05, 4.69) is 0 Å². The van der Waals surface area contributed by atoms with Crippen LogP contribution in [0.3, 0.4) is 0 Å². The second-order valence-corrected chi connectivity index (χ2v) is 4.70. The van der Waals surface area contributed by atoms with Crippen LogP contribution in [-0.4, -0.2) is 26.0 Å². The van der Waals surface area contributed by atoms with E-state index < -0.39 is 5.97 Å². The van der Waals surface area contributed by atoms with Crippen LogP contribution in [-0.2, 0) is 4.79 Å². The van der Waals surface area contributed by atoms with E-state index in [1.165, 1.54) is 0 Å². The third kappa shape index (κ3) is 4.13. The maximum absolute atomic E-state index is 10.1. The van der Waals surface area contributed by atoms with Gasteiger partial charge in [-0.2, -0.15) is 0 Å². The van der Waals surface area contributed by atoms with Crippen LogP contribution in [0.4, 0.5) is 0 Å². The molecule has 0 radical (unpaired) electrons. The first-order valence-electron chi connectivity index (χ1n) is 3.50. The van der Waals surface area contributed by atoms with Crippen LogP contribution >= 0.6 is 11.6 Å². The third-order valence-electron chi connectivity index (χ3n) is 1.23. The molecule has 0 fully saturated rings. The summed E-state index contributed by atoms with van der Waals surface area (Å²) in [6, 6.07) is 7.39. The third-order valence-corrected chi connectivity index (χ3v) is 3.19. The molecule has 13 heavy (non-hydrogen) atoms. The molecule has 0 saturated heterocycles. The summed E-state index contributed by atoms with van der Waals surface area (Å²) < 4.78 is 1.11. The van der Waals surface area contributed by atoms with Crippen molar-refractivity contribution in [3.05, 3.63) is 40.3 Å². The average molecular weight is 262 g/mol. The van der Waals surface area contributed by atoms with Crippen LogP contribution in [0.1, 0.15) is 0 Å². The van der Waals surface area contributed by atoms with Crippen molar-refractivity contribution in [1.82, 2.24) is 0 Å². The Hall–Kier alpha value is -0.761. The van der Waals surface area contributed by atoms with Crippen LogP contribution in [0.15, 0.2) is 35.3 Å². The number of rotatable bonds is 3. The van der Waals surface area contributed by atoms with Crippen molar-refractivity contribution in [2.75, 3.05) is 0 Å². The summed E-state index contributed by atoms with van der Waals surface area (Å²) in [6.07, 6.45) is 1.16. The summed E-state index contributed by atoms with van der Waals surface area (Å²) in [5.74, 6) is -0.907. The van der Waals surface area contributed by atoms with Gasteiger partial charge in [0.15, 0.2) is 0 Å². The summed E-state index contributed by atoms with van der Waals surface area (Å²) >= 11 is 5.76. The molecule has 0 aliphatic carbocycles.